The van der Waals surface area contributed by atoms with Crippen LogP contribution in [0.1, 0.15) is 27.8 Å². The molecule has 0 saturated carbocycles. The van der Waals surface area contributed by atoms with Crippen LogP contribution in [0.25, 0.3) is 17.3 Å². The molecule has 5 aromatic rings. The number of piperazine rings is 1. The molecule has 1 aliphatic rings. The summed E-state index contributed by atoms with van der Waals surface area (Å²) >= 11 is 6.20. The number of halogens is 4. The van der Waals surface area contributed by atoms with Crippen molar-refractivity contribution < 1.29 is 22.8 Å². The Bertz CT molecular complexity index is 1950. The van der Waals surface area contributed by atoms with E-state index < -0.39 is 23.7 Å². The van der Waals surface area contributed by atoms with Gasteiger partial charge in [-0.05, 0) is 64.7 Å². The highest BCUT2D eigenvalue weighted by Crippen LogP contribution is 2.29. The summed E-state index contributed by atoms with van der Waals surface area (Å²) in [5.74, 6) is -0.612. The van der Waals surface area contributed by atoms with E-state index in [0.717, 1.165) is 41.1 Å². The van der Waals surface area contributed by atoms with E-state index in [2.05, 4.69) is 22.0 Å². The lowest BCUT2D eigenvalue weighted by Gasteiger charge is -2.39. The highest BCUT2D eigenvalue weighted by atomic mass is 35.5. The number of pyridine rings is 1. The van der Waals surface area contributed by atoms with E-state index in [1.54, 1.807) is 23.2 Å². The van der Waals surface area contributed by atoms with Crippen LogP contribution in [-0.4, -0.2) is 63.7 Å². The fourth-order valence-electron chi connectivity index (χ4n) is 6.25. The van der Waals surface area contributed by atoms with Crippen LogP contribution in [0, 0.1) is 0 Å². The van der Waals surface area contributed by atoms with Crippen molar-refractivity contribution in [1.82, 2.24) is 19.7 Å². The Balaban J connectivity index is 1.29. The minimum Gasteiger partial charge on any atom is -0.338 e. The van der Waals surface area contributed by atoms with Crippen molar-refractivity contribution in [1.29, 1.82) is 0 Å². The topological polar surface area (TPSA) is 56.8 Å². The maximum atomic E-state index is 14.6. The molecule has 2 amide bonds. The van der Waals surface area contributed by atoms with E-state index in [1.807, 2.05) is 77.7 Å². The fraction of sp³-hybridized carbons (Fsp3) is 0.214. The molecule has 52 heavy (non-hydrogen) atoms. The molecule has 0 spiro atoms. The number of nitrogens with zero attached hydrogens (tertiary/aromatic N) is 4. The second-order valence-corrected chi connectivity index (χ2v) is 13.2. The summed E-state index contributed by atoms with van der Waals surface area (Å²) in [6.45, 7) is 3.29. The molecule has 0 bridgehead atoms. The van der Waals surface area contributed by atoms with Gasteiger partial charge in [-0.1, -0.05) is 96.5 Å². The highest BCUT2D eigenvalue weighted by Gasteiger charge is 2.34. The number of carbonyl (C=O) groups is 2. The third-order valence-electron chi connectivity index (χ3n) is 9.14. The van der Waals surface area contributed by atoms with Gasteiger partial charge < -0.3 is 9.80 Å². The zero-order valence-electron chi connectivity index (χ0n) is 28.4. The van der Waals surface area contributed by atoms with Gasteiger partial charge in [0, 0.05) is 68.5 Å². The smallest absolute Gasteiger partial charge is 0.338 e. The molecular formula is C42H38ClF3N4O2. The molecule has 1 aromatic heterocycles. The number of amides is 2. The molecule has 10 heteroatoms. The second-order valence-electron chi connectivity index (χ2n) is 12.8. The first-order valence-electron chi connectivity index (χ1n) is 17.1. The van der Waals surface area contributed by atoms with Crippen LogP contribution in [0.15, 0.2) is 134 Å². The Morgan fingerprint density at radius 2 is 1.42 bits per heavy atom. The zero-order chi connectivity index (χ0) is 36.5. The van der Waals surface area contributed by atoms with E-state index in [0.29, 0.717) is 36.8 Å². The Labute approximate surface area is 306 Å². The van der Waals surface area contributed by atoms with E-state index in [4.69, 9.17) is 11.6 Å². The first-order valence-corrected chi connectivity index (χ1v) is 17.5. The summed E-state index contributed by atoms with van der Waals surface area (Å²) in [6.07, 6.45) is 0.299. The van der Waals surface area contributed by atoms with Crippen LogP contribution >= 0.6 is 11.6 Å². The molecule has 0 aliphatic carbocycles. The Morgan fingerprint density at radius 3 is 2.06 bits per heavy atom. The van der Waals surface area contributed by atoms with Gasteiger partial charge in [0.05, 0.1) is 11.3 Å². The molecule has 0 N–H and O–H groups in total. The molecule has 0 unspecified atom stereocenters. The minimum atomic E-state index is -4.47. The van der Waals surface area contributed by atoms with Gasteiger partial charge in [0.25, 0.3) is 0 Å². The Morgan fingerprint density at radius 1 is 0.769 bits per heavy atom. The van der Waals surface area contributed by atoms with Gasteiger partial charge in [-0.2, -0.15) is 13.2 Å². The summed E-state index contributed by atoms with van der Waals surface area (Å²) in [5.41, 5.74) is 4.21. The van der Waals surface area contributed by atoms with Crippen molar-refractivity contribution in [3.8, 4) is 11.3 Å². The number of hydrogen-bond acceptors (Lipinski definition) is 4. The van der Waals surface area contributed by atoms with Crippen LogP contribution in [0.5, 0.6) is 0 Å². The van der Waals surface area contributed by atoms with Crippen molar-refractivity contribution in [3.05, 3.63) is 166 Å². The summed E-state index contributed by atoms with van der Waals surface area (Å²) in [7, 11) is 0. The van der Waals surface area contributed by atoms with Crippen molar-refractivity contribution in [2.75, 3.05) is 26.2 Å². The monoisotopic (exact) mass is 722 g/mol. The number of alkyl halides is 3. The van der Waals surface area contributed by atoms with Crippen LogP contribution in [0.4, 0.5) is 13.2 Å². The van der Waals surface area contributed by atoms with Crippen molar-refractivity contribution in [3.63, 3.8) is 0 Å². The molecule has 1 aliphatic heterocycles. The molecule has 266 valence electrons. The fourth-order valence-corrected chi connectivity index (χ4v) is 6.38. The molecular weight excluding hydrogens is 685 g/mol. The van der Waals surface area contributed by atoms with E-state index in [1.165, 1.54) is 29.8 Å². The maximum absolute atomic E-state index is 14.6. The van der Waals surface area contributed by atoms with Gasteiger partial charge in [0.15, 0.2) is 0 Å². The largest absolute Gasteiger partial charge is 0.416 e. The average Bonchev–Trinajstić information content (AvgIpc) is 3.17. The van der Waals surface area contributed by atoms with Gasteiger partial charge in [-0.25, -0.2) is 0 Å². The van der Waals surface area contributed by atoms with E-state index >= 15 is 0 Å². The number of hydrogen-bond donors (Lipinski definition) is 0. The molecule has 4 aromatic carbocycles. The molecule has 2 heterocycles. The van der Waals surface area contributed by atoms with Crippen LogP contribution < -0.4 is 0 Å². The lowest BCUT2D eigenvalue weighted by Crippen LogP contribution is -2.56. The third kappa shape index (κ3) is 9.75. The SMILES string of the molecule is O=C([C@H](Cc1ccc(Cl)cc1)N(Cc1ccc(-c2ccccn2)cc1)C(=O)C=Cc1ccc(C(F)(F)F)cc1)N1CCN(Cc2ccccc2)CC1. The minimum absolute atomic E-state index is 0.122. The number of rotatable bonds is 11. The van der Waals surface area contributed by atoms with Crippen LogP contribution in [0.2, 0.25) is 5.02 Å². The number of aromatic nitrogens is 1. The first-order chi connectivity index (χ1) is 25.1. The Kier molecular flexibility index (Phi) is 11.8. The standard InChI is InChI=1S/C42H38ClF3N4O2/c43-37-20-13-32(14-21-37)28-39(41(52)49-26-24-48(25-27-49)29-33-6-2-1-3-7-33)50(30-34-9-16-35(17-10-34)38-8-4-5-23-47-38)40(51)22-15-31-11-18-36(19-12-31)42(44,45)46/h1-23,39H,24-30H2/t39-/m0/s1. The van der Waals surface area contributed by atoms with Crippen molar-refractivity contribution >= 4 is 29.5 Å². The van der Waals surface area contributed by atoms with Crippen molar-refractivity contribution in [2.24, 2.45) is 0 Å². The first kappa shape index (κ1) is 36.5. The summed E-state index contributed by atoms with van der Waals surface area (Å²) < 4.78 is 39.5. The maximum Gasteiger partial charge on any atom is 0.416 e. The molecule has 0 radical (unpaired) electrons. The number of carbonyl (C=O) groups excluding carboxylic acids is 2. The summed E-state index contributed by atoms with van der Waals surface area (Å²) in [4.78, 5) is 38.9. The third-order valence-corrected chi connectivity index (χ3v) is 9.40. The molecule has 6 nitrogen and oxygen atoms in total. The van der Waals surface area contributed by atoms with Gasteiger partial charge in [-0.3, -0.25) is 19.5 Å². The molecule has 1 atom stereocenters. The van der Waals surface area contributed by atoms with E-state index in [9.17, 15) is 22.8 Å². The average molecular weight is 723 g/mol. The molecule has 1 fully saturated rings. The lowest BCUT2D eigenvalue weighted by molar-refractivity contribution is -0.145. The van der Waals surface area contributed by atoms with Gasteiger partial charge >= 0.3 is 6.18 Å². The van der Waals surface area contributed by atoms with Gasteiger partial charge in [0.1, 0.15) is 6.04 Å². The summed E-state index contributed by atoms with van der Waals surface area (Å²) in [6, 6.07) is 34.5. The lowest BCUT2D eigenvalue weighted by atomic mass is 10.0. The normalized spacial score (nSPS) is 14.3. The summed E-state index contributed by atoms with van der Waals surface area (Å²) in [5, 5.41) is 0.557. The predicted octanol–water partition coefficient (Wildman–Crippen LogP) is 8.42. The van der Waals surface area contributed by atoms with Crippen LogP contribution in [-0.2, 0) is 35.3 Å². The van der Waals surface area contributed by atoms with Crippen molar-refractivity contribution in [2.45, 2.75) is 31.7 Å². The predicted molar refractivity (Wildman–Crippen MR) is 198 cm³/mol. The van der Waals surface area contributed by atoms with E-state index in [-0.39, 0.29) is 18.9 Å². The second kappa shape index (κ2) is 16.8. The highest BCUT2D eigenvalue weighted by molar-refractivity contribution is 6.30. The van der Waals surface area contributed by atoms with Gasteiger partial charge in [-0.15, -0.1) is 0 Å². The molecule has 6 rings (SSSR count). The molecule has 1 saturated heterocycles. The number of benzene rings is 4. The van der Waals surface area contributed by atoms with Gasteiger partial charge in [0.2, 0.25) is 11.8 Å². The van der Waals surface area contributed by atoms with Crippen LogP contribution in [0.3, 0.4) is 0 Å². The zero-order valence-corrected chi connectivity index (χ0v) is 29.2. The quantitative estimate of drug-likeness (QED) is 0.129. The Hall–Kier alpha value is -5.25.